The van der Waals surface area contributed by atoms with Gasteiger partial charge in [-0.3, -0.25) is 0 Å². The fraction of sp³-hybridized carbons (Fsp3) is 0.167. The largest absolute Gasteiger partial charge is 0.245 e. The molecule has 0 amide bonds. The SMILES string of the molecule is CC=Cc1nccs1. The van der Waals surface area contributed by atoms with Gasteiger partial charge < -0.3 is 0 Å². The van der Waals surface area contributed by atoms with E-state index in [1.807, 2.05) is 24.5 Å². The zero-order valence-corrected chi connectivity index (χ0v) is 5.48. The number of rotatable bonds is 1. The number of allylic oxidation sites excluding steroid dienone is 1. The highest BCUT2D eigenvalue weighted by Crippen LogP contribution is 2.04. The molecule has 1 heterocycles. The maximum Gasteiger partial charge on any atom is 0.115 e. The van der Waals surface area contributed by atoms with Crippen molar-refractivity contribution < 1.29 is 0 Å². The lowest BCUT2D eigenvalue weighted by atomic mass is 10.5. The molecule has 0 saturated heterocycles. The van der Waals surface area contributed by atoms with Crippen LogP contribution in [-0.4, -0.2) is 4.98 Å². The fourth-order valence-corrected chi connectivity index (χ4v) is 1.06. The summed E-state index contributed by atoms with van der Waals surface area (Å²) in [6, 6.07) is 0. The van der Waals surface area contributed by atoms with Crippen LogP contribution in [0.3, 0.4) is 0 Å². The molecular weight excluding hydrogens is 118 g/mol. The van der Waals surface area contributed by atoms with Crippen LogP contribution in [-0.2, 0) is 0 Å². The molecule has 0 aromatic carbocycles. The van der Waals surface area contributed by atoms with Crippen molar-refractivity contribution >= 4 is 17.4 Å². The molecule has 1 nitrogen and oxygen atoms in total. The van der Waals surface area contributed by atoms with E-state index in [0.717, 1.165) is 5.01 Å². The van der Waals surface area contributed by atoms with E-state index >= 15 is 0 Å². The van der Waals surface area contributed by atoms with E-state index in [1.165, 1.54) is 0 Å². The predicted octanol–water partition coefficient (Wildman–Crippen LogP) is 2.18. The van der Waals surface area contributed by atoms with Crippen LogP contribution >= 0.6 is 11.3 Å². The highest BCUT2D eigenvalue weighted by molar-refractivity contribution is 7.10. The van der Waals surface area contributed by atoms with E-state index in [0.29, 0.717) is 0 Å². The van der Waals surface area contributed by atoms with Gasteiger partial charge in [-0.25, -0.2) is 4.98 Å². The van der Waals surface area contributed by atoms with Crippen molar-refractivity contribution in [2.75, 3.05) is 0 Å². The molecule has 0 aliphatic carbocycles. The van der Waals surface area contributed by atoms with Gasteiger partial charge in [-0.2, -0.15) is 0 Å². The lowest BCUT2D eigenvalue weighted by Gasteiger charge is -1.73. The second kappa shape index (κ2) is 2.62. The monoisotopic (exact) mass is 125 g/mol. The summed E-state index contributed by atoms with van der Waals surface area (Å²) in [6.45, 7) is 1.99. The number of hydrogen-bond acceptors (Lipinski definition) is 2. The van der Waals surface area contributed by atoms with Gasteiger partial charge >= 0.3 is 0 Å². The molecule has 1 aromatic rings. The predicted molar refractivity (Wildman–Crippen MR) is 36.8 cm³/mol. The summed E-state index contributed by atoms with van der Waals surface area (Å²) in [5.41, 5.74) is 0. The van der Waals surface area contributed by atoms with Crippen LogP contribution in [0.5, 0.6) is 0 Å². The summed E-state index contributed by atoms with van der Waals surface area (Å²) in [7, 11) is 0. The summed E-state index contributed by atoms with van der Waals surface area (Å²) in [5, 5.41) is 3.04. The van der Waals surface area contributed by atoms with E-state index < -0.39 is 0 Å². The quantitative estimate of drug-likeness (QED) is 0.560. The Morgan fingerprint density at radius 1 is 1.75 bits per heavy atom. The van der Waals surface area contributed by atoms with Crippen LogP contribution in [0.1, 0.15) is 11.9 Å². The van der Waals surface area contributed by atoms with Crippen molar-refractivity contribution in [3.63, 3.8) is 0 Å². The van der Waals surface area contributed by atoms with E-state index in [2.05, 4.69) is 4.98 Å². The van der Waals surface area contributed by atoms with Gasteiger partial charge in [0.05, 0.1) is 0 Å². The van der Waals surface area contributed by atoms with Crippen molar-refractivity contribution in [2.24, 2.45) is 0 Å². The molecule has 1 aromatic heterocycles. The molecule has 0 aliphatic rings. The van der Waals surface area contributed by atoms with Crippen molar-refractivity contribution in [3.05, 3.63) is 22.7 Å². The van der Waals surface area contributed by atoms with E-state index in [9.17, 15) is 0 Å². The topological polar surface area (TPSA) is 12.9 Å². The zero-order chi connectivity index (χ0) is 5.82. The Hall–Kier alpha value is -0.630. The van der Waals surface area contributed by atoms with Crippen molar-refractivity contribution in [3.8, 4) is 0 Å². The molecule has 0 aliphatic heterocycles. The zero-order valence-electron chi connectivity index (χ0n) is 4.66. The average Bonchev–Trinajstić information content (AvgIpc) is 2.19. The minimum absolute atomic E-state index is 1.08. The van der Waals surface area contributed by atoms with Crippen LogP contribution in [0.25, 0.3) is 6.08 Å². The third-order valence-electron chi connectivity index (χ3n) is 0.761. The lowest BCUT2D eigenvalue weighted by Crippen LogP contribution is -1.60. The molecule has 2 heteroatoms. The molecule has 8 heavy (non-hydrogen) atoms. The molecule has 0 radical (unpaired) electrons. The van der Waals surface area contributed by atoms with Crippen molar-refractivity contribution in [1.29, 1.82) is 0 Å². The van der Waals surface area contributed by atoms with Crippen LogP contribution in [0.4, 0.5) is 0 Å². The summed E-state index contributed by atoms with van der Waals surface area (Å²) in [5.74, 6) is 0. The molecule has 1 rings (SSSR count). The second-order valence-electron chi connectivity index (χ2n) is 1.37. The Labute approximate surface area is 52.7 Å². The highest BCUT2D eigenvalue weighted by Gasteiger charge is 1.82. The molecule has 0 spiro atoms. The van der Waals surface area contributed by atoms with Crippen LogP contribution in [0.2, 0.25) is 0 Å². The van der Waals surface area contributed by atoms with Gasteiger partial charge in [0.1, 0.15) is 5.01 Å². The number of aromatic nitrogens is 1. The van der Waals surface area contributed by atoms with E-state index in [1.54, 1.807) is 17.5 Å². The Morgan fingerprint density at radius 2 is 2.62 bits per heavy atom. The van der Waals surface area contributed by atoms with Crippen LogP contribution in [0.15, 0.2) is 17.7 Å². The Kier molecular flexibility index (Phi) is 1.80. The lowest BCUT2D eigenvalue weighted by molar-refractivity contribution is 1.39. The molecule has 0 bridgehead atoms. The molecule has 0 saturated carbocycles. The summed E-state index contributed by atoms with van der Waals surface area (Å²) < 4.78 is 0. The van der Waals surface area contributed by atoms with Crippen LogP contribution < -0.4 is 0 Å². The smallest absolute Gasteiger partial charge is 0.115 e. The maximum absolute atomic E-state index is 4.04. The van der Waals surface area contributed by atoms with Crippen LogP contribution in [0, 0.1) is 0 Å². The van der Waals surface area contributed by atoms with Crippen molar-refractivity contribution in [1.82, 2.24) is 4.98 Å². The Bertz CT molecular complexity index is 165. The highest BCUT2D eigenvalue weighted by atomic mass is 32.1. The summed E-state index contributed by atoms with van der Waals surface area (Å²) >= 11 is 1.65. The minimum atomic E-state index is 1.08. The molecule has 0 N–H and O–H groups in total. The molecule has 0 atom stereocenters. The van der Waals surface area contributed by atoms with Gasteiger partial charge in [0.2, 0.25) is 0 Å². The van der Waals surface area contributed by atoms with Gasteiger partial charge in [0.15, 0.2) is 0 Å². The molecule has 0 fully saturated rings. The average molecular weight is 125 g/mol. The summed E-state index contributed by atoms with van der Waals surface area (Å²) in [4.78, 5) is 4.04. The standard InChI is InChI=1S/C6H7NS/c1-2-3-6-7-4-5-8-6/h2-5H,1H3. The van der Waals surface area contributed by atoms with Gasteiger partial charge in [-0.15, -0.1) is 11.3 Å². The van der Waals surface area contributed by atoms with Gasteiger partial charge in [-0.05, 0) is 13.0 Å². The first-order chi connectivity index (χ1) is 3.93. The third kappa shape index (κ3) is 1.17. The molecule has 0 unspecified atom stereocenters. The number of thiazole rings is 1. The Balaban J connectivity index is 2.77. The number of hydrogen-bond donors (Lipinski definition) is 0. The first kappa shape index (κ1) is 5.51. The number of nitrogens with zero attached hydrogens (tertiary/aromatic N) is 1. The summed E-state index contributed by atoms with van der Waals surface area (Å²) in [6.07, 6.45) is 5.78. The van der Waals surface area contributed by atoms with Crippen molar-refractivity contribution in [2.45, 2.75) is 6.92 Å². The molecular formula is C6H7NS. The van der Waals surface area contributed by atoms with E-state index in [-0.39, 0.29) is 0 Å². The fourth-order valence-electron chi connectivity index (χ4n) is 0.459. The maximum atomic E-state index is 4.04. The normalized spacial score (nSPS) is 10.6. The van der Waals surface area contributed by atoms with Gasteiger partial charge in [0, 0.05) is 11.6 Å². The molecule has 42 valence electrons. The first-order valence-electron chi connectivity index (χ1n) is 2.45. The first-order valence-corrected chi connectivity index (χ1v) is 3.33. The Morgan fingerprint density at radius 3 is 3.12 bits per heavy atom. The van der Waals surface area contributed by atoms with Gasteiger partial charge in [-0.1, -0.05) is 6.08 Å². The van der Waals surface area contributed by atoms with E-state index in [4.69, 9.17) is 0 Å². The minimum Gasteiger partial charge on any atom is -0.245 e. The van der Waals surface area contributed by atoms with Gasteiger partial charge in [0.25, 0.3) is 0 Å². The third-order valence-corrected chi connectivity index (χ3v) is 1.50. The second-order valence-corrected chi connectivity index (χ2v) is 2.30.